The molecule has 0 aromatic heterocycles. The Balaban J connectivity index is 1.75. The third-order valence-electron chi connectivity index (χ3n) is 3.24. The van der Waals surface area contributed by atoms with Crippen LogP contribution < -0.4 is 16.0 Å². The minimum absolute atomic E-state index is 0.0294. The van der Waals surface area contributed by atoms with Crippen molar-refractivity contribution in [3.8, 4) is 0 Å². The third kappa shape index (κ3) is 4.31. The maximum absolute atomic E-state index is 12.9. The molecule has 2 amide bonds. The second-order valence-electron chi connectivity index (χ2n) is 4.80. The Morgan fingerprint density at radius 3 is 2.75 bits per heavy atom. The Morgan fingerprint density at radius 1 is 1.30 bits per heavy atom. The van der Waals surface area contributed by atoms with Crippen LogP contribution in [0.5, 0.6) is 0 Å². The van der Waals surface area contributed by atoms with Crippen molar-refractivity contribution in [3.05, 3.63) is 30.1 Å². The van der Waals surface area contributed by atoms with Gasteiger partial charge >= 0.3 is 0 Å². The van der Waals surface area contributed by atoms with Gasteiger partial charge < -0.3 is 16.0 Å². The Morgan fingerprint density at radius 2 is 2.05 bits per heavy atom. The van der Waals surface area contributed by atoms with Gasteiger partial charge in [0.15, 0.2) is 0 Å². The minimum atomic E-state index is -0.415. The zero-order valence-corrected chi connectivity index (χ0v) is 11.1. The molecule has 0 spiro atoms. The maximum atomic E-state index is 12.9. The van der Waals surface area contributed by atoms with E-state index in [2.05, 4.69) is 16.0 Å². The molecule has 108 valence electrons. The zero-order chi connectivity index (χ0) is 14.4. The highest BCUT2D eigenvalue weighted by atomic mass is 19.1. The van der Waals surface area contributed by atoms with Crippen molar-refractivity contribution in [1.82, 2.24) is 10.6 Å². The van der Waals surface area contributed by atoms with Gasteiger partial charge in [-0.05, 0) is 44.1 Å². The number of hydrogen-bond donors (Lipinski definition) is 3. The molecule has 1 fully saturated rings. The summed E-state index contributed by atoms with van der Waals surface area (Å²) in [5, 5.41) is 8.33. The summed E-state index contributed by atoms with van der Waals surface area (Å²) in [5.41, 5.74) is 0.381. The van der Waals surface area contributed by atoms with Gasteiger partial charge in [0.2, 0.25) is 11.8 Å². The van der Waals surface area contributed by atoms with E-state index in [-0.39, 0.29) is 24.3 Å². The van der Waals surface area contributed by atoms with Crippen molar-refractivity contribution in [2.75, 3.05) is 25.0 Å². The summed E-state index contributed by atoms with van der Waals surface area (Å²) in [6, 6.07) is 5.63. The average Bonchev–Trinajstić information content (AvgIpc) is 2.46. The van der Waals surface area contributed by atoms with Crippen LogP contribution in [-0.2, 0) is 9.59 Å². The van der Waals surface area contributed by atoms with Crippen molar-refractivity contribution in [2.45, 2.75) is 12.8 Å². The molecule has 1 saturated heterocycles. The number of carbonyl (C=O) groups is 2. The van der Waals surface area contributed by atoms with E-state index in [0.717, 1.165) is 25.9 Å². The molecule has 1 aliphatic rings. The lowest BCUT2D eigenvalue weighted by Gasteiger charge is -2.21. The van der Waals surface area contributed by atoms with Crippen molar-refractivity contribution < 1.29 is 14.0 Å². The molecule has 2 rings (SSSR count). The van der Waals surface area contributed by atoms with Gasteiger partial charge in [0.05, 0.1) is 6.54 Å². The fraction of sp³-hybridized carbons (Fsp3) is 0.429. The number of benzene rings is 1. The summed E-state index contributed by atoms with van der Waals surface area (Å²) in [6.07, 6.45) is 1.58. The molecular weight excluding hydrogens is 261 g/mol. The van der Waals surface area contributed by atoms with Crippen LogP contribution >= 0.6 is 0 Å². The molecule has 1 aromatic rings. The van der Waals surface area contributed by atoms with Crippen LogP contribution in [0.25, 0.3) is 0 Å². The Hall–Kier alpha value is -1.95. The van der Waals surface area contributed by atoms with Gasteiger partial charge in [0.25, 0.3) is 0 Å². The number of nitrogens with one attached hydrogen (secondary N) is 3. The standard InChI is InChI=1S/C14H18FN3O2/c15-11-2-1-3-12(8-11)18-13(19)9-17-14(20)10-4-6-16-7-5-10/h1-3,8,10,16H,4-7,9H2,(H,17,20)(H,18,19). The van der Waals surface area contributed by atoms with E-state index in [0.29, 0.717) is 5.69 Å². The molecule has 6 heteroatoms. The van der Waals surface area contributed by atoms with Crippen molar-refractivity contribution in [1.29, 1.82) is 0 Å². The van der Waals surface area contributed by atoms with Crippen molar-refractivity contribution in [3.63, 3.8) is 0 Å². The van der Waals surface area contributed by atoms with Gasteiger partial charge in [0.1, 0.15) is 5.82 Å². The van der Waals surface area contributed by atoms with E-state index in [1.54, 1.807) is 6.07 Å². The normalized spacial score (nSPS) is 15.7. The molecule has 0 aliphatic carbocycles. The van der Waals surface area contributed by atoms with Gasteiger partial charge in [-0.25, -0.2) is 4.39 Å². The lowest BCUT2D eigenvalue weighted by molar-refractivity contribution is -0.127. The molecule has 20 heavy (non-hydrogen) atoms. The number of rotatable bonds is 4. The molecule has 0 bridgehead atoms. The van der Waals surface area contributed by atoms with Crippen molar-refractivity contribution >= 4 is 17.5 Å². The number of amides is 2. The monoisotopic (exact) mass is 279 g/mol. The second-order valence-corrected chi connectivity index (χ2v) is 4.80. The second kappa shape index (κ2) is 7.00. The third-order valence-corrected chi connectivity index (χ3v) is 3.24. The van der Waals surface area contributed by atoms with E-state index in [1.807, 2.05) is 0 Å². The molecule has 0 unspecified atom stereocenters. The highest BCUT2D eigenvalue weighted by Gasteiger charge is 2.20. The molecular formula is C14H18FN3O2. The topological polar surface area (TPSA) is 70.2 Å². The first kappa shape index (κ1) is 14.5. The van der Waals surface area contributed by atoms with Gasteiger partial charge in [0, 0.05) is 11.6 Å². The Bertz CT molecular complexity index is 487. The predicted octanol–water partition coefficient (Wildman–Crippen LogP) is 0.880. The summed E-state index contributed by atoms with van der Waals surface area (Å²) >= 11 is 0. The number of piperidine rings is 1. The molecule has 0 atom stereocenters. The summed E-state index contributed by atoms with van der Waals surface area (Å²) in [6.45, 7) is 1.56. The molecule has 0 radical (unpaired) electrons. The first-order valence-electron chi connectivity index (χ1n) is 6.69. The summed E-state index contributed by atoms with van der Waals surface area (Å²) < 4.78 is 12.9. The fourth-order valence-electron chi connectivity index (χ4n) is 2.17. The lowest BCUT2D eigenvalue weighted by atomic mass is 9.97. The van der Waals surface area contributed by atoms with E-state index in [1.165, 1.54) is 18.2 Å². The van der Waals surface area contributed by atoms with Gasteiger partial charge in [-0.1, -0.05) is 6.07 Å². The van der Waals surface area contributed by atoms with Crippen LogP contribution in [0.2, 0.25) is 0 Å². The average molecular weight is 279 g/mol. The SMILES string of the molecule is O=C(CNC(=O)C1CCNCC1)Nc1cccc(F)c1. The smallest absolute Gasteiger partial charge is 0.243 e. The minimum Gasteiger partial charge on any atom is -0.347 e. The number of halogens is 1. The van der Waals surface area contributed by atoms with Gasteiger partial charge in [-0.2, -0.15) is 0 Å². The fourth-order valence-corrected chi connectivity index (χ4v) is 2.17. The van der Waals surface area contributed by atoms with Crippen molar-refractivity contribution in [2.24, 2.45) is 5.92 Å². The molecule has 3 N–H and O–H groups in total. The molecule has 1 heterocycles. The predicted molar refractivity (Wildman–Crippen MR) is 73.6 cm³/mol. The maximum Gasteiger partial charge on any atom is 0.243 e. The van der Waals surface area contributed by atoms with Crippen LogP contribution in [0.1, 0.15) is 12.8 Å². The highest BCUT2D eigenvalue weighted by molar-refractivity contribution is 5.94. The first-order valence-corrected chi connectivity index (χ1v) is 6.69. The summed E-state index contributed by atoms with van der Waals surface area (Å²) in [7, 11) is 0. The highest BCUT2D eigenvalue weighted by Crippen LogP contribution is 2.11. The van der Waals surface area contributed by atoms with Crippen LogP contribution in [-0.4, -0.2) is 31.4 Å². The lowest BCUT2D eigenvalue weighted by Crippen LogP contribution is -2.41. The van der Waals surface area contributed by atoms with E-state index >= 15 is 0 Å². The molecule has 1 aliphatic heterocycles. The number of anilines is 1. The van der Waals surface area contributed by atoms with Gasteiger partial charge in [-0.15, -0.1) is 0 Å². The molecule has 1 aromatic carbocycles. The van der Waals surface area contributed by atoms with E-state index in [4.69, 9.17) is 0 Å². The zero-order valence-electron chi connectivity index (χ0n) is 11.1. The quantitative estimate of drug-likeness (QED) is 0.766. The Labute approximate surface area is 116 Å². The van der Waals surface area contributed by atoms with Gasteiger partial charge in [-0.3, -0.25) is 9.59 Å². The largest absolute Gasteiger partial charge is 0.347 e. The molecule has 5 nitrogen and oxygen atoms in total. The van der Waals surface area contributed by atoms with Crippen LogP contribution in [0.3, 0.4) is 0 Å². The van der Waals surface area contributed by atoms with E-state index in [9.17, 15) is 14.0 Å². The molecule has 0 saturated carbocycles. The number of hydrogen-bond acceptors (Lipinski definition) is 3. The van der Waals surface area contributed by atoms with E-state index < -0.39 is 5.82 Å². The van der Waals surface area contributed by atoms with Crippen LogP contribution in [0.4, 0.5) is 10.1 Å². The van der Waals surface area contributed by atoms with Crippen LogP contribution in [0, 0.1) is 11.7 Å². The summed E-state index contributed by atoms with van der Waals surface area (Å²) in [4.78, 5) is 23.5. The summed E-state index contributed by atoms with van der Waals surface area (Å²) in [5.74, 6) is -0.904. The Kier molecular flexibility index (Phi) is 5.06. The first-order chi connectivity index (χ1) is 9.65. The number of carbonyl (C=O) groups excluding carboxylic acids is 2. The van der Waals surface area contributed by atoms with Crippen LogP contribution in [0.15, 0.2) is 24.3 Å².